The number of fused-ring (bicyclic) bond motifs is 5. The van der Waals surface area contributed by atoms with E-state index >= 15 is 0 Å². The van der Waals surface area contributed by atoms with Crippen LogP contribution in [0.25, 0.3) is 0 Å². The summed E-state index contributed by atoms with van der Waals surface area (Å²) in [6.07, 6.45) is 3.84. The molecule has 1 aromatic rings. The van der Waals surface area contributed by atoms with E-state index in [1.807, 2.05) is 0 Å². The van der Waals surface area contributed by atoms with Crippen LogP contribution in [0.15, 0.2) is 40.6 Å². The van der Waals surface area contributed by atoms with Crippen LogP contribution in [0.5, 0.6) is 0 Å². The third-order valence-corrected chi connectivity index (χ3v) is 6.67. The smallest absolute Gasteiger partial charge is 0.117 e. The Balaban J connectivity index is 1.94. The molecule has 112 valence electrons. The maximum absolute atomic E-state index is 5.62. The van der Waals surface area contributed by atoms with Gasteiger partial charge >= 0.3 is 0 Å². The van der Waals surface area contributed by atoms with Gasteiger partial charge in [0.15, 0.2) is 0 Å². The van der Waals surface area contributed by atoms with Crippen LogP contribution >= 0.6 is 0 Å². The lowest BCUT2D eigenvalue weighted by atomic mass is 9.63. The highest BCUT2D eigenvalue weighted by atomic mass is 16.5. The van der Waals surface area contributed by atoms with E-state index < -0.39 is 0 Å². The number of ether oxygens (including phenoxy) is 1. The van der Waals surface area contributed by atoms with Gasteiger partial charge in [-0.2, -0.15) is 10.2 Å². The van der Waals surface area contributed by atoms with E-state index in [2.05, 4.69) is 44.2 Å². The van der Waals surface area contributed by atoms with Crippen molar-refractivity contribution in [1.82, 2.24) is 0 Å². The van der Waals surface area contributed by atoms with E-state index in [9.17, 15) is 0 Å². The summed E-state index contributed by atoms with van der Waals surface area (Å²) in [5.74, 6) is 1.23. The quantitative estimate of drug-likeness (QED) is 0.819. The van der Waals surface area contributed by atoms with Gasteiger partial charge in [0.2, 0.25) is 0 Å². The molecule has 0 amide bonds. The summed E-state index contributed by atoms with van der Waals surface area (Å²) in [5, 5.41) is 9.81. The zero-order valence-corrected chi connectivity index (χ0v) is 13.2. The minimum Gasteiger partial charge on any atom is -0.382 e. The highest BCUT2D eigenvalue weighted by Gasteiger charge is 2.77. The highest BCUT2D eigenvalue weighted by Crippen LogP contribution is 2.74. The Kier molecular flexibility index (Phi) is 2.66. The molecule has 4 atom stereocenters. The molecule has 3 nitrogen and oxygen atoms in total. The lowest BCUT2D eigenvalue weighted by molar-refractivity contribution is 0.0482. The summed E-state index contributed by atoms with van der Waals surface area (Å²) in [6, 6.07) is 10.8. The number of rotatable bonds is 3. The molecule has 1 aliphatic heterocycles. The molecule has 2 bridgehead atoms. The molecule has 2 saturated carbocycles. The number of azo groups is 1. The van der Waals surface area contributed by atoms with E-state index in [0.29, 0.717) is 18.4 Å². The summed E-state index contributed by atoms with van der Waals surface area (Å²) in [7, 11) is 1.80. The topological polar surface area (TPSA) is 34.0 Å². The van der Waals surface area contributed by atoms with Crippen LogP contribution in [0.2, 0.25) is 0 Å². The predicted octanol–water partition coefficient (Wildman–Crippen LogP) is 4.19. The molecular formula is C18H24N2O. The SMILES string of the molecule is COC[C@]12N=N[C@](c3ccccc3)([C@@H]3CCC[C@@H]31)C2(C)C. The van der Waals surface area contributed by atoms with Crippen molar-refractivity contribution in [3.63, 3.8) is 0 Å². The molecule has 3 aliphatic rings. The summed E-state index contributed by atoms with van der Waals surface area (Å²) >= 11 is 0. The Hall–Kier alpha value is -1.22. The van der Waals surface area contributed by atoms with Crippen molar-refractivity contribution in [2.24, 2.45) is 27.5 Å². The predicted molar refractivity (Wildman–Crippen MR) is 82.2 cm³/mol. The zero-order valence-electron chi connectivity index (χ0n) is 13.2. The maximum Gasteiger partial charge on any atom is 0.117 e. The van der Waals surface area contributed by atoms with Crippen LogP contribution in [0, 0.1) is 17.3 Å². The second kappa shape index (κ2) is 4.16. The van der Waals surface area contributed by atoms with Gasteiger partial charge in [-0.1, -0.05) is 50.6 Å². The Labute approximate surface area is 126 Å². The monoisotopic (exact) mass is 284 g/mol. The van der Waals surface area contributed by atoms with Gasteiger partial charge in [-0.15, -0.1) is 0 Å². The first-order chi connectivity index (χ1) is 10.1. The molecule has 0 N–H and O–H groups in total. The Morgan fingerprint density at radius 2 is 1.81 bits per heavy atom. The van der Waals surface area contributed by atoms with Crippen LogP contribution in [0.3, 0.4) is 0 Å². The fourth-order valence-electron chi connectivity index (χ4n) is 5.72. The molecule has 1 aromatic carbocycles. The van der Waals surface area contributed by atoms with Crippen LogP contribution in [-0.2, 0) is 10.3 Å². The van der Waals surface area contributed by atoms with Crippen molar-refractivity contribution in [3.8, 4) is 0 Å². The van der Waals surface area contributed by atoms with E-state index in [1.54, 1.807) is 7.11 Å². The van der Waals surface area contributed by atoms with Gasteiger partial charge in [0.1, 0.15) is 11.1 Å². The largest absolute Gasteiger partial charge is 0.382 e. The first-order valence-electron chi connectivity index (χ1n) is 8.09. The average Bonchev–Trinajstić information content (AvgIpc) is 3.09. The average molecular weight is 284 g/mol. The van der Waals surface area contributed by atoms with Crippen molar-refractivity contribution in [2.45, 2.75) is 44.2 Å². The van der Waals surface area contributed by atoms with Crippen LogP contribution in [0.4, 0.5) is 0 Å². The Morgan fingerprint density at radius 3 is 2.52 bits per heavy atom. The molecule has 21 heavy (non-hydrogen) atoms. The normalized spacial score (nSPS) is 42.4. The molecule has 3 heteroatoms. The van der Waals surface area contributed by atoms with Gasteiger partial charge in [-0.05, 0) is 30.2 Å². The zero-order chi connectivity index (χ0) is 14.7. The molecule has 2 aliphatic carbocycles. The van der Waals surface area contributed by atoms with E-state index in [-0.39, 0.29) is 16.5 Å². The first-order valence-corrected chi connectivity index (χ1v) is 8.09. The number of hydrogen-bond acceptors (Lipinski definition) is 3. The third kappa shape index (κ3) is 1.30. The highest BCUT2D eigenvalue weighted by molar-refractivity contribution is 5.40. The van der Waals surface area contributed by atoms with Crippen molar-refractivity contribution < 1.29 is 4.74 Å². The fourth-order valence-corrected chi connectivity index (χ4v) is 5.72. The number of benzene rings is 1. The first kappa shape index (κ1) is 13.4. The van der Waals surface area contributed by atoms with E-state index in [0.717, 1.165) is 0 Å². The molecule has 1 heterocycles. The van der Waals surface area contributed by atoms with Gasteiger partial charge in [-0.3, -0.25) is 0 Å². The molecule has 0 aromatic heterocycles. The minimum atomic E-state index is -0.159. The van der Waals surface area contributed by atoms with Gasteiger partial charge in [0.25, 0.3) is 0 Å². The fraction of sp³-hybridized carbons (Fsp3) is 0.667. The summed E-state index contributed by atoms with van der Waals surface area (Å²) in [4.78, 5) is 0. The number of nitrogens with zero attached hydrogens (tertiary/aromatic N) is 2. The lowest BCUT2D eigenvalue weighted by Crippen LogP contribution is -2.49. The lowest BCUT2D eigenvalue weighted by Gasteiger charge is -2.41. The standard InChI is InChI=1S/C18H24N2O/c1-16(2)17(12-21-3)14-10-7-11-15(14)18(16,20-19-17)13-8-5-4-6-9-13/h4-6,8-9,14-15H,7,10-12H2,1-3H3/t14-,15+,17-,18+/m0/s1. The molecule has 0 spiro atoms. The van der Waals surface area contributed by atoms with Crippen LogP contribution in [-0.4, -0.2) is 19.3 Å². The number of methoxy groups -OCH3 is 1. The molecule has 0 unspecified atom stereocenters. The van der Waals surface area contributed by atoms with Gasteiger partial charge in [-0.25, -0.2) is 0 Å². The minimum absolute atomic E-state index is 0.00706. The Morgan fingerprint density at radius 1 is 1.10 bits per heavy atom. The van der Waals surface area contributed by atoms with Crippen LogP contribution in [0.1, 0.15) is 38.7 Å². The summed E-state index contributed by atoms with van der Waals surface area (Å²) in [5.41, 5.74) is 1.05. The van der Waals surface area contributed by atoms with Crippen molar-refractivity contribution in [3.05, 3.63) is 35.9 Å². The maximum atomic E-state index is 5.62. The van der Waals surface area contributed by atoms with E-state index in [1.165, 1.54) is 24.8 Å². The second-order valence-electron chi connectivity index (χ2n) is 7.46. The summed E-state index contributed by atoms with van der Waals surface area (Å²) < 4.78 is 5.62. The van der Waals surface area contributed by atoms with Crippen molar-refractivity contribution in [2.75, 3.05) is 13.7 Å². The second-order valence-corrected chi connectivity index (χ2v) is 7.46. The van der Waals surface area contributed by atoms with Crippen molar-refractivity contribution in [1.29, 1.82) is 0 Å². The van der Waals surface area contributed by atoms with Crippen LogP contribution < -0.4 is 0 Å². The van der Waals surface area contributed by atoms with E-state index in [4.69, 9.17) is 15.0 Å². The molecule has 0 radical (unpaired) electrons. The molecule has 4 rings (SSSR count). The molecular weight excluding hydrogens is 260 g/mol. The molecule has 0 saturated heterocycles. The third-order valence-electron chi connectivity index (χ3n) is 6.67. The van der Waals surface area contributed by atoms with Crippen molar-refractivity contribution >= 4 is 0 Å². The molecule has 2 fully saturated rings. The van der Waals surface area contributed by atoms with Gasteiger partial charge in [0.05, 0.1) is 6.61 Å². The summed E-state index contributed by atoms with van der Waals surface area (Å²) in [6.45, 7) is 5.41. The number of hydrogen-bond donors (Lipinski definition) is 0. The van der Waals surface area contributed by atoms with Gasteiger partial charge < -0.3 is 4.74 Å². The Bertz CT molecular complexity index is 582. The van der Waals surface area contributed by atoms with Gasteiger partial charge in [0, 0.05) is 12.5 Å².